The molecule has 0 amide bonds. The maximum atomic E-state index is 4.73. The zero-order valence-corrected chi connectivity index (χ0v) is 8.67. The Morgan fingerprint density at radius 1 is 1.31 bits per heavy atom. The minimum absolute atomic E-state index is 0.554. The van der Waals surface area contributed by atoms with Crippen molar-refractivity contribution in [1.29, 1.82) is 0 Å². The van der Waals surface area contributed by atoms with Crippen molar-refractivity contribution in [2.24, 2.45) is 0 Å². The zero-order chi connectivity index (χ0) is 9.42. The number of hydrogen-bond donors (Lipinski definition) is 0. The van der Waals surface area contributed by atoms with Crippen LogP contribution in [0.3, 0.4) is 0 Å². The molecule has 0 atom stereocenters. The van der Waals surface area contributed by atoms with Crippen LogP contribution < -0.4 is 0 Å². The Hall–Kier alpha value is -0.850. The molecule has 0 spiro atoms. The molecule has 1 aliphatic rings. The monoisotopic (exact) mass is 175 g/mol. The second-order valence-electron chi connectivity index (χ2n) is 4.37. The first-order valence-corrected chi connectivity index (χ1v) is 5.16. The Morgan fingerprint density at radius 2 is 2.00 bits per heavy atom. The van der Waals surface area contributed by atoms with Crippen molar-refractivity contribution in [2.45, 2.75) is 45.4 Å². The van der Waals surface area contributed by atoms with Gasteiger partial charge in [0.2, 0.25) is 0 Å². The van der Waals surface area contributed by atoms with Crippen molar-refractivity contribution >= 4 is 0 Å². The first kappa shape index (κ1) is 8.74. The van der Waals surface area contributed by atoms with E-state index in [1.807, 2.05) is 0 Å². The topological polar surface area (TPSA) is 12.9 Å². The minimum Gasteiger partial charge on any atom is -0.257 e. The van der Waals surface area contributed by atoms with Crippen molar-refractivity contribution in [1.82, 2.24) is 4.98 Å². The van der Waals surface area contributed by atoms with E-state index < -0.39 is 0 Å². The van der Waals surface area contributed by atoms with E-state index in [0.717, 1.165) is 5.92 Å². The molecule has 70 valence electrons. The van der Waals surface area contributed by atoms with Crippen molar-refractivity contribution in [3.63, 3.8) is 0 Å². The summed E-state index contributed by atoms with van der Waals surface area (Å²) in [6.07, 6.45) is 2.69. The minimum atomic E-state index is 0.554. The number of aryl methyl sites for hydroxylation is 1. The molecule has 1 heteroatoms. The second-order valence-corrected chi connectivity index (χ2v) is 4.37. The fourth-order valence-corrected chi connectivity index (χ4v) is 1.65. The van der Waals surface area contributed by atoms with Gasteiger partial charge in [0, 0.05) is 17.3 Å². The van der Waals surface area contributed by atoms with E-state index >= 15 is 0 Å². The Labute approximate surface area is 80.2 Å². The molecular weight excluding hydrogens is 158 g/mol. The molecule has 0 saturated heterocycles. The van der Waals surface area contributed by atoms with E-state index in [-0.39, 0.29) is 0 Å². The van der Waals surface area contributed by atoms with Crippen LogP contribution in [0, 0.1) is 6.92 Å². The first-order valence-electron chi connectivity index (χ1n) is 5.16. The van der Waals surface area contributed by atoms with Crippen LogP contribution in [0.1, 0.15) is 55.5 Å². The van der Waals surface area contributed by atoms with Crippen molar-refractivity contribution in [3.05, 3.63) is 29.1 Å². The molecule has 1 aliphatic carbocycles. The smallest absolute Gasteiger partial charge is 0.0467 e. The summed E-state index contributed by atoms with van der Waals surface area (Å²) >= 11 is 0. The van der Waals surface area contributed by atoms with Gasteiger partial charge in [-0.1, -0.05) is 19.9 Å². The second kappa shape index (κ2) is 3.13. The fraction of sp³-hybridized carbons (Fsp3) is 0.583. The third-order valence-corrected chi connectivity index (χ3v) is 2.71. The molecule has 0 bridgehead atoms. The van der Waals surface area contributed by atoms with Gasteiger partial charge in [0.25, 0.3) is 0 Å². The van der Waals surface area contributed by atoms with E-state index in [1.165, 1.54) is 29.8 Å². The molecule has 1 aromatic heterocycles. The van der Waals surface area contributed by atoms with Crippen molar-refractivity contribution < 1.29 is 0 Å². The molecule has 0 N–H and O–H groups in total. The SMILES string of the molecule is Cc1ccc(C(C)C)nc1C1CC1. The average Bonchev–Trinajstić information content (AvgIpc) is 2.87. The van der Waals surface area contributed by atoms with Crippen LogP contribution in [0.25, 0.3) is 0 Å². The van der Waals surface area contributed by atoms with Crippen LogP contribution in [0.2, 0.25) is 0 Å². The molecule has 1 fully saturated rings. The van der Waals surface area contributed by atoms with Gasteiger partial charge in [-0.15, -0.1) is 0 Å². The quantitative estimate of drug-likeness (QED) is 0.671. The van der Waals surface area contributed by atoms with Crippen LogP contribution in [0.15, 0.2) is 12.1 Å². The maximum absolute atomic E-state index is 4.73. The predicted molar refractivity (Wildman–Crippen MR) is 55.0 cm³/mol. The Morgan fingerprint density at radius 3 is 2.54 bits per heavy atom. The standard InChI is InChI=1S/C12H17N/c1-8(2)11-7-4-9(3)12(13-11)10-5-6-10/h4,7-8,10H,5-6H2,1-3H3. The molecule has 2 rings (SSSR count). The first-order chi connectivity index (χ1) is 6.18. The van der Waals surface area contributed by atoms with Crippen molar-refractivity contribution in [2.75, 3.05) is 0 Å². The van der Waals surface area contributed by atoms with Crippen LogP contribution in [-0.2, 0) is 0 Å². The number of pyridine rings is 1. The van der Waals surface area contributed by atoms with Gasteiger partial charge in [0.1, 0.15) is 0 Å². The molecule has 13 heavy (non-hydrogen) atoms. The molecular formula is C12H17N. The van der Waals surface area contributed by atoms with Gasteiger partial charge < -0.3 is 0 Å². The number of nitrogens with zero attached hydrogens (tertiary/aromatic N) is 1. The normalized spacial score (nSPS) is 16.6. The molecule has 0 aromatic carbocycles. The molecule has 1 saturated carbocycles. The number of hydrogen-bond acceptors (Lipinski definition) is 1. The summed E-state index contributed by atoms with van der Waals surface area (Å²) in [7, 11) is 0. The lowest BCUT2D eigenvalue weighted by Crippen LogP contribution is -1.98. The summed E-state index contributed by atoms with van der Waals surface area (Å²) in [5.41, 5.74) is 3.96. The average molecular weight is 175 g/mol. The lowest BCUT2D eigenvalue weighted by Gasteiger charge is -2.08. The summed E-state index contributed by atoms with van der Waals surface area (Å²) in [4.78, 5) is 4.73. The van der Waals surface area contributed by atoms with Crippen LogP contribution in [0.5, 0.6) is 0 Å². The molecule has 0 aliphatic heterocycles. The lowest BCUT2D eigenvalue weighted by molar-refractivity contribution is 0.801. The van der Waals surface area contributed by atoms with E-state index in [2.05, 4.69) is 32.9 Å². The largest absolute Gasteiger partial charge is 0.257 e. The molecule has 1 nitrogen and oxygen atoms in total. The highest BCUT2D eigenvalue weighted by Crippen LogP contribution is 2.40. The van der Waals surface area contributed by atoms with Gasteiger partial charge in [-0.05, 0) is 37.3 Å². The molecule has 0 unspecified atom stereocenters. The zero-order valence-electron chi connectivity index (χ0n) is 8.67. The van der Waals surface area contributed by atoms with E-state index in [1.54, 1.807) is 0 Å². The van der Waals surface area contributed by atoms with E-state index in [4.69, 9.17) is 4.98 Å². The number of rotatable bonds is 2. The third-order valence-electron chi connectivity index (χ3n) is 2.71. The fourth-order valence-electron chi connectivity index (χ4n) is 1.65. The maximum Gasteiger partial charge on any atom is 0.0467 e. The molecule has 0 radical (unpaired) electrons. The predicted octanol–water partition coefficient (Wildman–Crippen LogP) is 3.39. The molecule has 1 heterocycles. The Bertz CT molecular complexity index is 311. The van der Waals surface area contributed by atoms with Crippen molar-refractivity contribution in [3.8, 4) is 0 Å². The Balaban J connectivity index is 2.36. The lowest BCUT2D eigenvalue weighted by atomic mass is 10.1. The summed E-state index contributed by atoms with van der Waals surface area (Å²) in [6, 6.07) is 4.38. The van der Waals surface area contributed by atoms with E-state index in [9.17, 15) is 0 Å². The van der Waals surface area contributed by atoms with Gasteiger partial charge in [0.05, 0.1) is 0 Å². The van der Waals surface area contributed by atoms with Gasteiger partial charge >= 0.3 is 0 Å². The van der Waals surface area contributed by atoms with Crippen LogP contribution >= 0.6 is 0 Å². The van der Waals surface area contributed by atoms with E-state index in [0.29, 0.717) is 5.92 Å². The summed E-state index contributed by atoms with van der Waals surface area (Å²) in [5.74, 6) is 1.33. The summed E-state index contributed by atoms with van der Waals surface area (Å²) in [5, 5.41) is 0. The van der Waals surface area contributed by atoms with Crippen LogP contribution in [0.4, 0.5) is 0 Å². The van der Waals surface area contributed by atoms with Gasteiger partial charge in [-0.3, -0.25) is 4.98 Å². The summed E-state index contributed by atoms with van der Waals surface area (Å²) < 4.78 is 0. The highest BCUT2D eigenvalue weighted by molar-refractivity contribution is 5.28. The Kier molecular flexibility index (Phi) is 2.10. The molecule has 1 aromatic rings. The van der Waals surface area contributed by atoms with Gasteiger partial charge in [-0.2, -0.15) is 0 Å². The van der Waals surface area contributed by atoms with Crippen LogP contribution in [-0.4, -0.2) is 4.98 Å². The van der Waals surface area contributed by atoms with Gasteiger partial charge in [0.15, 0.2) is 0 Å². The van der Waals surface area contributed by atoms with Gasteiger partial charge in [-0.25, -0.2) is 0 Å². The summed E-state index contributed by atoms with van der Waals surface area (Å²) in [6.45, 7) is 6.58. The highest BCUT2D eigenvalue weighted by atomic mass is 14.7. The number of aromatic nitrogens is 1. The highest BCUT2D eigenvalue weighted by Gasteiger charge is 2.26. The third kappa shape index (κ3) is 1.74.